The number of carbonyl (C=O) groups is 2. The fraction of sp³-hybridized carbons (Fsp3) is 0.833. The molecule has 142 valence electrons. The summed E-state index contributed by atoms with van der Waals surface area (Å²) in [6.45, 7) is 1.97. The summed E-state index contributed by atoms with van der Waals surface area (Å²) in [5.41, 5.74) is 0. The molecule has 0 aliphatic carbocycles. The maximum atomic E-state index is 11.5. The van der Waals surface area contributed by atoms with Crippen molar-refractivity contribution in [1.29, 1.82) is 0 Å². The first-order valence-electron chi connectivity index (χ1n) is 7.23. The maximum Gasteiger partial charge on any atom is 0.340 e. The standard InChI is InChI=1S/C12H22O10S2/c1-2-3-4-5-6-7-8-9(23(17,18)19)12(10(13)14,11(15)16)24(20,21)22/h9H,2-8H2,1H3,(H,13,14)(H,15,16)(H,17,18,19)(H,20,21,22). The number of carboxylic acids is 2. The van der Waals surface area contributed by atoms with E-state index in [2.05, 4.69) is 0 Å². The van der Waals surface area contributed by atoms with E-state index in [1.54, 1.807) is 0 Å². The van der Waals surface area contributed by atoms with Crippen LogP contribution in [0.25, 0.3) is 0 Å². The molecule has 0 saturated heterocycles. The van der Waals surface area contributed by atoms with Crippen LogP contribution in [0.4, 0.5) is 0 Å². The zero-order valence-corrected chi connectivity index (χ0v) is 14.7. The molecule has 0 aromatic heterocycles. The molecule has 4 N–H and O–H groups in total. The van der Waals surface area contributed by atoms with E-state index in [1.165, 1.54) is 0 Å². The van der Waals surface area contributed by atoms with Crippen LogP contribution >= 0.6 is 0 Å². The Hall–Kier alpha value is -1.24. The van der Waals surface area contributed by atoms with Crippen LogP contribution in [0.3, 0.4) is 0 Å². The van der Waals surface area contributed by atoms with Crippen LogP contribution < -0.4 is 0 Å². The number of hydrogen-bond acceptors (Lipinski definition) is 6. The van der Waals surface area contributed by atoms with E-state index < -0.39 is 48.6 Å². The minimum atomic E-state index is -5.90. The molecule has 0 fully saturated rings. The lowest BCUT2D eigenvalue weighted by atomic mass is 9.98. The molecule has 10 nitrogen and oxygen atoms in total. The molecule has 12 heteroatoms. The van der Waals surface area contributed by atoms with Crippen molar-refractivity contribution >= 4 is 32.2 Å². The summed E-state index contributed by atoms with van der Waals surface area (Å²) in [6, 6.07) is 0. The number of rotatable bonds is 12. The topological polar surface area (TPSA) is 183 Å². The van der Waals surface area contributed by atoms with Crippen LogP contribution in [0.2, 0.25) is 0 Å². The Bertz CT molecular complexity index is 635. The van der Waals surface area contributed by atoms with Gasteiger partial charge in [-0.25, -0.2) is 9.59 Å². The van der Waals surface area contributed by atoms with Gasteiger partial charge in [-0.1, -0.05) is 45.4 Å². The van der Waals surface area contributed by atoms with Crippen molar-refractivity contribution < 1.29 is 45.7 Å². The second kappa shape index (κ2) is 8.74. The molecule has 1 atom stereocenters. The van der Waals surface area contributed by atoms with Crippen LogP contribution in [0.15, 0.2) is 0 Å². The highest BCUT2D eigenvalue weighted by molar-refractivity contribution is 7.92. The molecule has 0 rings (SSSR count). The van der Waals surface area contributed by atoms with E-state index in [0.29, 0.717) is 12.8 Å². The Labute approximate surface area is 140 Å². The predicted molar refractivity (Wildman–Crippen MR) is 82.9 cm³/mol. The number of carboxylic acid groups (broad SMARTS) is 2. The Balaban J connectivity index is 5.69. The van der Waals surface area contributed by atoms with Crippen LogP contribution in [0, 0.1) is 0 Å². The minimum Gasteiger partial charge on any atom is -0.480 e. The van der Waals surface area contributed by atoms with Crippen LogP contribution in [-0.4, -0.2) is 58.1 Å². The minimum absolute atomic E-state index is 0.0357. The highest BCUT2D eigenvalue weighted by atomic mass is 32.2. The first-order chi connectivity index (χ1) is 10.8. The number of unbranched alkanes of at least 4 members (excludes halogenated alkanes) is 5. The molecule has 24 heavy (non-hydrogen) atoms. The van der Waals surface area contributed by atoms with Crippen LogP contribution in [-0.2, 0) is 29.8 Å². The van der Waals surface area contributed by atoms with Gasteiger partial charge < -0.3 is 10.2 Å². The third-order valence-corrected chi connectivity index (χ3v) is 6.58. The molecular weight excluding hydrogens is 368 g/mol. The molecule has 0 aromatic carbocycles. The molecule has 0 aliphatic heterocycles. The van der Waals surface area contributed by atoms with Crippen LogP contribution in [0.1, 0.15) is 51.9 Å². The summed E-state index contributed by atoms with van der Waals surface area (Å²) >= 11 is 0. The van der Waals surface area contributed by atoms with E-state index in [4.69, 9.17) is 14.8 Å². The Morgan fingerprint density at radius 1 is 0.875 bits per heavy atom. The molecule has 0 heterocycles. The van der Waals surface area contributed by atoms with Crippen molar-refractivity contribution in [3.8, 4) is 0 Å². The highest BCUT2D eigenvalue weighted by Gasteiger charge is 2.67. The molecule has 0 bridgehead atoms. The molecule has 0 aromatic rings. The van der Waals surface area contributed by atoms with Crippen molar-refractivity contribution in [1.82, 2.24) is 0 Å². The van der Waals surface area contributed by atoms with E-state index in [0.717, 1.165) is 19.3 Å². The Morgan fingerprint density at radius 2 is 1.29 bits per heavy atom. The first-order valence-corrected chi connectivity index (χ1v) is 10.2. The molecule has 0 radical (unpaired) electrons. The average Bonchev–Trinajstić information content (AvgIpc) is 2.37. The fourth-order valence-corrected chi connectivity index (χ4v) is 5.13. The average molecular weight is 390 g/mol. The lowest BCUT2D eigenvalue weighted by molar-refractivity contribution is -0.152. The van der Waals surface area contributed by atoms with Crippen molar-refractivity contribution in [2.24, 2.45) is 0 Å². The van der Waals surface area contributed by atoms with Crippen molar-refractivity contribution in [3.63, 3.8) is 0 Å². The van der Waals surface area contributed by atoms with Gasteiger partial charge in [0.1, 0.15) is 5.25 Å². The van der Waals surface area contributed by atoms with E-state index in [-0.39, 0.29) is 6.42 Å². The lowest BCUT2D eigenvalue weighted by Gasteiger charge is -2.28. The summed E-state index contributed by atoms with van der Waals surface area (Å²) in [4.78, 5) is 22.6. The molecule has 0 amide bonds. The third kappa shape index (κ3) is 5.13. The normalized spacial score (nSPS) is 14.3. The van der Waals surface area contributed by atoms with Gasteiger partial charge in [-0.05, 0) is 6.42 Å². The van der Waals surface area contributed by atoms with Gasteiger partial charge in [0.05, 0.1) is 0 Å². The highest BCUT2D eigenvalue weighted by Crippen LogP contribution is 2.31. The van der Waals surface area contributed by atoms with Gasteiger partial charge in [0.25, 0.3) is 20.2 Å². The third-order valence-electron chi connectivity index (χ3n) is 3.68. The second-order valence-corrected chi connectivity index (χ2v) is 8.57. The summed E-state index contributed by atoms with van der Waals surface area (Å²) in [6.07, 6.45) is 2.92. The zero-order chi connectivity index (χ0) is 19.2. The van der Waals surface area contributed by atoms with Crippen molar-refractivity contribution in [2.75, 3.05) is 0 Å². The molecule has 1 unspecified atom stereocenters. The van der Waals surface area contributed by atoms with Crippen molar-refractivity contribution in [3.05, 3.63) is 0 Å². The van der Waals surface area contributed by atoms with Gasteiger partial charge >= 0.3 is 16.7 Å². The molecular formula is C12H22O10S2. The van der Waals surface area contributed by atoms with E-state index in [1.807, 2.05) is 6.92 Å². The summed E-state index contributed by atoms with van der Waals surface area (Å²) in [5.74, 6) is -5.18. The quantitative estimate of drug-likeness (QED) is 0.211. The Morgan fingerprint density at radius 3 is 1.62 bits per heavy atom. The fourth-order valence-electron chi connectivity index (χ4n) is 2.43. The zero-order valence-electron chi connectivity index (χ0n) is 13.1. The molecule has 0 saturated carbocycles. The number of aliphatic carboxylic acids is 2. The van der Waals surface area contributed by atoms with Crippen molar-refractivity contribution in [2.45, 2.75) is 61.9 Å². The monoisotopic (exact) mass is 390 g/mol. The van der Waals surface area contributed by atoms with Gasteiger partial charge in [0.2, 0.25) is 0 Å². The lowest BCUT2D eigenvalue weighted by Crippen LogP contribution is -2.63. The maximum absolute atomic E-state index is 11.5. The molecule has 0 spiro atoms. The Kier molecular flexibility index (Phi) is 8.29. The van der Waals surface area contributed by atoms with Gasteiger partial charge in [-0.2, -0.15) is 16.8 Å². The van der Waals surface area contributed by atoms with Gasteiger partial charge in [0.15, 0.2) is 0 Å². The molecule has 0 aliphatic rings. The van der Waals surface area contributed by atoms with Gasteiger partial charge in [-0.3, -0.25) is 9.11 Å². The SMILES string of the molecule is CCCCCCCCC(C(C(=O)O)(C(=O)O)S(=O)(=O)O)S(=O)(=O)O. The summed E-state index contributed by atoms with van der Waals surface area (Å²) in [7, 11) is -11.3. The van der Waals surface area contributed by atoms with Crippen LogP contribution in [0.5, 0.6) is 0 Å². The summed E-state index contributed by atoms with van der Waals surface area (Å²) < 4.78 is 59.9. The van der Waals surface area contributed by atoms with E-state index >= 15 is 0 Å². The first kappa shape index (κ1) is 22.8. The van der Waals surface area contributed by atoms with Gasteiger partial charge in [-0.15, -0.1) is 0 Å². The largest absolute Gasteiger partial charge is 0.480 e. The second-order valence-electron chi connectivity index (χ2n) is 5.38. The predicted octanol–water partition coefficient (Wildman–Crippen LogP) is 0.789. The van der Waals surface area contributed by atoms with E-state index in [9.17, 15) is 31.0 Å². The smallest absolute Gasteiger partial charge is 0.340 e. The summed E-state index contributed by atoms with van der Waals surface area (Å²) in [5, 5.41) is 15.3. The number of hydrogen-bond donors (Lipinski definition) is 4. The van der Waals surface area contributed by atoms with Gasteiger partial charge in [0, 0.05) is 0 Å².